The van der Waals surface area contributed by atoms with Crippen LogP contribution in [0, 0.1) is 10.5 Å². The number of carbonyl (C=O) groups is 1. The van der Waals surface area contributed by atoms with Gasteiger partial charge in [-0.05, 0) is 54.1 Å². The van der Waals surface area contributed by atoms with Crippen LogP contribution in [0.4, 0.5) is 0 Å². The van der Waals surface area contributed by atoms with Gasteiger partial charge in [0.25, 0.3) is 0 Å². The second-order valence-electron chi connectivity index (χ2n) is 2.59. The number of rotatable bonds is 1. The number of hydrogen-bond donors (Lipinski definition) is 0. The first kappa shape index (κ1) is 10.2. The summed E-state index contributed by atoms with van der Waals surface area (Å²) in [5, 5.41) is 0. The van der Waals surface area contributed by atoms with Gasteiger partial charge in [-0.1, -0.05) is 15.9 Å². The van der Waals surface area contributed by atoms with E-state index in [0.717, 1.165) is 19.2 Å². The van der Waals surface area contributed by atoms with Gasteiger partial charge in [0.15, 0.2) is 5.78 Å². The van der Waals surface area contributed by atoms with E-state index in [1.54, 1.807) is 6.92 Å². The smallest absolute Gasteiger partial charge is 0.160 e. The fourth-order valence-corrected chi connectivity index (χ4v) is 2.48. The summed E-state index contributed by atoms with van der Waals surface area (Å²) < 4.78 is 2.09. The van der Waals surface area contributed by atoms with Crippen LogP contribution in [0.2, 0.25) is 0 Å². The molecule has 0 spiro atoms. The van der Waals surface area contributed by atoms with Crippen LogP contribution in [0.15, 0.2) is 16.6 Å². The molecule has 0 aliphatic rings. The van der Waals surface area contributed by atoms with Gasteiger partial charge in [-0.15, -0.1) is 0 Å². The van der Waals surface area contributed by atoms with Gasteiger partial charge >= 0.3 is 0 Å². The van der Waals surface area contributed by atoms with Crippen LogP contribution in [0.3, 0.4) is 0 Å². The average molecular weight is 339 g/mol. The maximum absolute atomic E-state index is 11.1. The van der Waals surface area contributed by atoms with Crippen molar-refractivity contribution in [1.29, 1.82) is 0 Å². The maximum Gasteiger partial charge on any atom is 0.160 e. The predicted octanol–water partition coefficient (Wildman–Crippen LogP) is 3.56. The molecule has 3 heteroatoms. The lowest BCUT2D eigenvalue weighted by molar-refractivity contribution is 0.101. The number of hydrogen-bond acceptors (Lipinski definition) is 1. The lowest BCUT2D eigenvalue weighted by atomic mass is 10.1. The van der Waals surface area contributed by atoms with E-state index in [4.69, 9.17) is 0 Å². The Morgan fingerprint density at radius 1 is 1.50 bits per heavy atom. The molecule has 1 rings (SSSR count). The van der Waals surface area contributed by atoms with Gasteiger partial charge in [-0.25, -0.2) is 0 Å². The topological polar surface area (TPSA) is 17.1 Å². The average Bonchev–Trinajstić information content (AvgIpc) is 2.00. The van der Waals surface area contributed by atoms with Crippen molar-refractivity contribution in [3.8, 4) is 0 Å². The largest absolute Gasteiger partial charge is 0.294 e. The van der Waals surface area contributed by atoms with Crippen LogP contribution in [-0.2, 0) is 0 Å². The molecule has 0 bridgehead atoms. The van der Waals surface area contributed by atoms with Crippen LogP contribution in [0.25, 0.3) is 0 Å². The molecule has 0 unspecified atom stereocenters. The second kappa shape index (κ2) is 3.87. The molecular weight excluding hydrogens is 331 g/mol. The van der Waals surface area contributed by atoms with Gasteiger partial charge < -0.3 is 0 Å². The van der Waals surface area contributed by atoms with Crippen LogP contribution < -0.4 is 0 Å². The third-order valence-electron chi connectivity index (χ3n) is 1.70. The fraction of sp³-hybridized carbons (Fsp3) is 0.222. The molecule has 0 N–H and O–H groups in total. The number of halogens is 2. The third kappa shape index (κ3) is 1.88. The zero-order valence-electron chi connectivity index (χ0n) is 6.82. The van der Waals surface area contributed by atoms with Gasteiger partial charge in [-0.2, -0.15) is 0 Å². The Kier molecular flexibility index (Phi) is 3.29. The second-order valence-corrected chi connectivity index (χ2v) is 4.52. The summed E-state index contributed by atoms with van der Waals surface area (Å²) in [7, 11) is 0. The lowest BCUT2D eigenvalue weighted by Gasteiger charge is -2.05. The predicted molar refractivity (Wildman–Crippen MR) is 61.6 cm³/mol. The van der Waals surface area contributed by atoms with E-state index in [2.05, 4.69) is 38.5 Å². The van der Waals surface area contributed by atoms with E-state index >= 15 is 0 Å². The van der Waals surface area contributed by atoms with E-state index in [-0.39, 0.29) is 5.78 Å². The van der Waals surface area contributed by atoms with Crippen LogP contribution in [-0.4, -0.2) is 5.78 Å². The molecule has 0 saturated carbocycles. The Balaban J connectivity index is 3.36. The maximum atomic E-state index is 11.1. The van der Waals surface area contributed by atoms with Gasteiger partial charge in [0, 0.05) is 13.6 Å². The molecule has 12 heavy (non-hydrogen) atoms. The zero-order valence-corrected chi connectivity index (χ0v) is 10.6. The first-order valence-corrected chi connectivity index (χ1v) is 5.36. The highest BCUT2D eigenvalue weighted by atomic mass is 127. The summed E-state index contributed by atoms with van der Waals surface area (Å²) in [5.41, 5.74) is 1.93. The van der Waals surface area contributed by atoms with Gasteiger partial charge in [0.1, 0.15) is 0 Å². The first-order chi connectivity index (χ1) is 5.54. The molecule has 0 aromatic heterocycles. The van der Waals surface area contributed by atoms with Crippen molar-refractivity contribution in [1.82, 2.24) is 0 Å². The molecule has 0 amide bonds. The van der Waals surface area contributed by atoms with E-state index in [0.29, 0.717) is 0 Å². The highest BCUT2D eigenvalue weighted by Gasteiger charge is 2.08. The van der Waals surface area contributed by atoms with Gasteiger partial charge in [-0.3, -0.25) is 4.79 Å². The number of Topliss-reactive ketones (excluding diaryl/α,β-unsaturated/α-hetero) is 1. The minimum Gasteiger partial charge on any atom is -0.294 e. The molecule has 1 aromatic carbocycles. The summed E-state index contributed by atoms with van der Waals surface area (Å²) >= 11 is 5.61. The molecule has 0 aliphatic heterocycles. The summed E-state index contributed by atoms with van der Waals surface area (Å²) in [6.45, 7) is 3.59. The zero-order chi connectivity index (χ0) is 9.30. The molecule has 0 heterocycles. The Bertz CT molecular complexity index is 334. The number of ketones is 1. The Morgan fingerprint density at radius 2 is 2.08 bits per heavy atom. The van der Waals surface area contributed by atoms with Crippen molar-refractivity contribution in [2.75, 3.05) is 0 Å². The minimum absolute atomic E-state index is 0.120. The van der Waals surface area contributed by atoms with Crippen LogP contribution in [0.5, 0.6) is 0 Å². The highest BCUT2D eigenvalue weighted by molar-refractivity contribution is 14.1. The molecule has 0 aliphatic carbocycles. The van der Waals surface area contributed by atoms with Crippen molar-refractivity contribution in [3.63, 3.8) is 0 Å². The quantitative estimate of drug-likeness (QED) is 0.565. The van der Waals surface area contributed by atoms with Crippen molar-refractivity contribution in [3.05, 3.63) is 31.3 Å². The van der Waals surface area contributed by atoms with Crippen molar-refractivity contribution in [2.24, 2.45) is 0 Å². The van der Waals surface area contributed by atoms with E-state index in [1.165, 1.54) is 0 Å². The van der Waals surface area contributed by atoms with Crippen molar-refractivity contribution >= 4 is 44.3 Å². The highest BCUT2D eigenvalue weighted by Crippen LogP contribution is 2.24. The third-order valence-corrected chi connectivity index (χ3v) is 3.95. The molecular formula is C9H8BrIO. The summed E-state index contributed by atoms with van der Waals surface area (Å²) in [6.07, 6.45) is 0. The molecule has 0 saturated heterocycles. The minimum atomic E-state index is 0.120. The monoisotopic (exact) mass is 338 g/mol. The van der Waals surface area contributed by atoms with Crippen molar-refractivity contribution < 1.29 is 4.79 Å². The van der Waals surface area contributed by atoms with Gasteiger partial charge in [0.2, 0.25) is 0 Å². The number of benzene rings is 1. The molecule has 1 aromatic rings. The van der Waals surface area contributed by atoms with Crippen LogP contribution >= 0.6 is 38.5 Å². The molecule has 64 valence electrons. The fourth-order valence-electron chi connectivity index (χ4n) is 0.933. The van der Waals surface area contributed by atoms with E-state index < -0.39 is 0 Å². The van der Waals surface area contributed by atoms with Crippen molar-refractivity contribution in [2.45, 2.75) is 13.8 Å². The number of carbonyl (C=O) groups excluding carboxylic acids is 1. The van der Waals surface area contributed by atoms with E-state index in [9.17, 15) is 4.79 Å². The summed E-state index contributed by atoms with van der Waals surface area (Å²) in [5.74, 6) is 0.120. The lowest BCUT2D eigenvalue weighted by Crippen LogP contribution is -1.98. The molecule has 0 radical (unpaired) electrons. The standard InChI is InChI=1S/C9H8BrIO/c1-5-8(10)4-3-7(6(2)12)9(5)11/h3-4H,1-2H3. The molecule has 0 fully saturated rings. The first-order valence-electron chi connectivity index (χ1n) is 3.49. The van der Waals surface area contributed by atoms with Gasteiger partial charge in [0.05, 0.1) is 0 Å². The van der Waals surface area contributed by atoms with Crippen LogP contribution in [0.1, 0.15) is 22.8 Å². The molecule has 0 atom stereocenters. The summed E-state index contributed by atoms with van der Waals surface area (Å²) in [6, 6.07) is 3.76. The SMILES string of the molecule is CC(=O)c1ccc(Br)c(C)c1I. The van der Waals surface area contributed by atoms with E-state index in [1.807, 2.05) is 19.1 Å². The Labute approximate surface area is 93.8 Å². The Morgan fingerprint density at radius 3 is 2.58 bits per heavy atom. The molecule has 1 nitrogen and oxygen atoms in total. The Hall–Kier alpha value is 0.1000. The normalized spacial score (nSPS) is 10.0. The summed E-state index contributed by atoms with van der Waals surface area (Å²) in [4.78, 5) is 11.1.